The third kappa shape index (κ3) is 7.11. The van der Waals surface area contributed by atoms with E-state index in [-0.39, 0.29) is 36.2 Å². The number of aryl methyl sites for hydroxylation is 1. The van der Waals surface area contributed by atoms with E-state index in [0.717, 1.165) is 29.2 Å². The third-order valence-electron chi connectivity index (χ3n) is 9.22. The van der Waals surface area contributed by atoms with Gasteiger partial charge in [-0.15, -0.1) is 5.10 Å². The number of aromatic nitrogens is 3. The van der Waals surface area contributed by atoms with Crippen LogP contribution in [-0.2, 0) is 17.7 Å². The SMILES string of the molecule is COc1ccc(C(=O)Nc2ccc3c(c2)[C@H](OC)[C@@H](C)[C@H](C(CCn2cc(CCO)nn2)[Si](C)(C)c2ccc(OC)cc2)O3)cc1. The second-order valence-electron chi connectivity index (χ2n) is 12.3. The van der Waals surface area contributed by atoms with Crippen LogP contribution in [0.15, 0.2) is 72.9 Å². The standard InChI is InChI=1S/C35H44N4O6Si/c1-23-33(44-4)30-21-25(36-35(41)24-7-10-27(42-2)11-8-24)9-16-31(30)45-34(23)32(17-19-39-22-26(18-20-40)37-38-39)46(5,6)29-14-12-28(43-3)13-15-29/h7-16,21-23,32-34,40H,17-20H2,1-6H3,(H,36,41)/t23-,32?,33-,34-/m1/s1. The summed E-state index contributed by atoms with van der Waals surface area (Å²) in [6.45, 7) is 7.68. The summed E-state index contributed by atoms with van der Waals surface area (Å²) in [5.74, 6) is 2.09. The van der Waals surface area contributed by atoms with E-state index < -0.39 is 8.07 Å². The fourth-order valence-electron chi connectivity index (χ4n) is 6.52. The minimum Gasteiger partial charge on any atom is -0.497 e. The first kappa shape index (κ1) is 33.2. The van der Waals surface area contributed by atoms with E-state index in [1.54, 1.807) is 45.6 Å². The first-order valence-corrected chi connectivity index (χ1v) is 18.7. The quantitative estimate of drug-likeness (QED) is 0.190. The molecule has 0 spiro atoms. The highest BCUT2D eigenvalue weighted by Gasteiger charge is 2.47. The van der Waals surface area contributed by atoms with Gasteiger partial charge in [0.2, 0.25) is 0 Å². The number of carbonyl (C=O) groups excluding carboxylic acids is 1. The van der Waals surface area contributed by atoms with Crippen molar-refractivity contribution in [2.24, 2.45) is 5.92 Å². The molecule has 46 heavy (non-hydrogen) atoms. The monoisotopic (exact) mass is 644 g/mol. The molecule has 10 nitrogen and oxygen atoms in total. The van der Waals surface area contributed by atoms with Crippen molar-refractivity contribution in [2.45, 2.75) is 57.2 Å². The summed E-state index contributed by atoms with van der Waals surface area (Å²) in [7, 11) is 2.83. The van der Waals surface area contributed by atoms with E-state index in [4.69, 9.17) is 18.9 Å². The topological polar surface area (TPSA) is 117 Å². The van der Waals surface area contributed by atoms with Crippen LogP contribution in [0.4, 0.5) is 5.69 Å². The van der Waals surface area contributed by atoms with Crippen molar-refractivity contribution in [2.75, 3.05) is 33.3 Å². The number of nitrogens with zero attached hydrogens (tertiary/aromatic N) is 3. The summed E-state index contributed by atoms with van der Waals surface area (Å²) in [5, 5.41) is 22.2. The maximum Gasteiger partial charge on any atom is 0.255 e. The molecule has 0 bridgehead atoms. The highest BCUT2D eigenvalue weighted by Crippen LogP contribution is 2.47. The number of amides is 1. The molecular formula is C35H44N4O6Si. The Hall–Kier alpha value is -4.19. The Bertz CT molecular complexity index is 1610. The largest absolute Gasteiger partial charge is 0.497 e. The van der Waals surface area contributed by atoms with Crippen LogP contribution in [0.1, 0.15) is 41.1 Å². The van der Waals surface area contributed by atoms with Crippen LogP contribution in [0.2, 0.25) is 18.6 Å². The van der Waals surface area contributed by atoms with Crippen molar-refractivity contribution in [3.05, 3.63) is 89.7 Å². The molecule has 244 valence electrons. The maximum absolute atomic E-state index is 13.0. The second kappa shape index (κ2) is 14.5. The number of carbonyl (C=O) groups is 1. The summed E-state index contributed by atoms with van der Waals surface area (Å²) in [6.07, 6.45) is 2.84. The lowest BCUT2D eigenvalue weighted by Gasteiger charge is -2.46. The van der Waals surface area contributed by atoms with Gasteiger partial charge < -0.3 is 29.4 Å². The average molecular weight is 645 g/mol. The molecule has 1 amide bonds. The second-order valence-corrected chi connectivity index (χ2v) is 17.1. The number of methoxy groups -OCH3 is 3. The molecule has 3 aromatic carbocycles. The van der Waals surface area contributed by atoms with Gasteiger partial charge >= 0.3 is 0 Å². The first-order chi connectivity index (χ1) is 22.2. The van der Waals surface area contributed by atoms with Gasteiger partial charge in [0.25, 0.3) is 5.91 Å². The van der Waals surface area contributed by atoms with Crippen molar-refractivity contribution >= 4 is 24.9 Å². The van der Waals surface area contributed by atoms with Gasteiger partial charge in [0.1, 0.15) is 23.4 Å². The number of nitrogens with one attached hydrogen (secondary N) is 1. The molecule has 0 saturated carbocycles. The predicted molar refractivity (Wildman–Crippen MR) is 180 cm³/mol. The zero-order valence-corrected chi connectivity index (χ0v) is 28.4. The maximum atomic E-state index is 13.0. The van der Waals surface area contributed by atoms with Gasteiger partial charge in [0.05, 0.1) is 34.1 Å². The molecule has 1 unspecified atom stereocenters. The summed E-state index contributed by atoms with van der Waals surface area (Å²) in [4.78, 5) is 13.0. The van der Waals surface area contributed by atoms with Gasteiger partial charge in [-0.1, -0.05) is 42.6 Å². The van der Waals surface area contributed by atoms with Gasteiger partial charge in [-0.2, -0.15) is 0 Å². The summed E-state index contributed by atoms with van der Waals surface area (Å²) in [5.41, 5.74) is 3.07. The van der Waals surface area contributed by atoms with E-state index in [2.05, 4.69) is 47.8 Å². The summed E-state index contributed by atoms with van der Waals surface area (Å²) in [6, 6.07) is 21.2. The number of benzene rings is 3. The summed E-state index contributed by atoms with van der Waals surface area (Å²) >= 11 is 0. The molecule has 0 fully saturated rings. The fraction of sp³-hybridized carbons (Fsp3) is 0.400. The number of aliphatic hydroxyl groups is 1. The van der Waals surface area contributed by atoms with E-state index in [9.17, 15) is 9.90 Å². The summed E-state index contributed by atoms with van der Waals surface area (Å²) < 4.78 is 25.6. The smallest absolute Gasteiger partial charge is 0.255 e. The van der Waals surface area contributed by atoms with E-state index >= 15 is 0 Å². The number of rotatable bonds is 13. The molecule has 0 aliphatic carbocycles. The predicted octanol–water partition coefficient (Wildman–Crippen LogP) is 5.24. The Morgan fingerprint density at radius 1 is 1.02 bits per heavy atom. The number of hydrogen-bond donors (Lipinski definition) is 2. The van der Waals surface area contributed by atoms with E-state index in [0.29, 0.717) is 30.0 Å². The Morgan fingerprint density at radius 2 is 1.70 bits per heavy atom. The molecule has 1 aromatic heterocycles. The normalized spacial score (nSPS) is 18.3. The lowest BCUT2D eigenvalue weighted by atomic mass is 9.86. The van der Waals surface area contributed by atoms with Crippen LogP contribution >= 0.6 is 0 Å². The molecule has 4 atom stereocenters. The average Bonchev–Trinajstić information content (AvgIpc) is 3.52. The number of aliphatic hydroxyl groups excluding tert-OH is 1. The zero-order chi connectivity index (χ0) is 32.8. The van der Waals surface area contributed by atoms with E-state index in [1.807, 2.05) is 41.2 Å². The zero-order valence-electron chi connectivity index (χ0n) is 27.4. The number of fused-ring (bicyclic) bond motifs is 1. The Balaban J connectivity index is 1.43. The molecule has 4 aromatic rings. The van der Waals surface area contributed by atoms with Crippen LogP contribution in [-0.4, -0.2) is 68.1 Å². The lowest BCUT2D eigenvalue weighted by Crippen LogP contribution is -2.54. The van der Waals surface area contributed by atoms with Crippen molar-refractivity contribution in [1.82, 2.24) is 15.0 Å². The van der Waals surface area contributed by atoms with Gasteiger partial charge in [-0.3, -0.25) is 9.48 Å². The van der Waals surface area contributed by atoms with Crippen molar-refractivity contribution in [3.63, 3.8) is 0 Å². The molecule has 2 N–H and O–H groups in total. The number of anilines is 1. The number of hydrogen-bond acceptors (Lipinski definition) is 8. The molecule has 0 saturated heterocycles. The molecule has 0 radical (unpaired) electrons. The molecule has 11 heteroatoms. The van der Waals surface area contributed by atoms with E-state index in [1.165, 1.54) is 5.19 Å². The van der Waals surface area contributed by atoms with Crippen LogP contribution in [0.3, 0.4) is 0 Å². The molecule has 2 heterocycles. The Kier molecular flexibility index (Phi) is 10.4. The van der Waals surface area contributed by atoms with Gasteiger partial charge in [-0.05, 0) is 66.6 Å². The highest BCUT2D eigenvalue weighted by molar-refractivity contribution is 6.91. The minimum atomic E-state index is -2.18. The van der Waals surface area contributed by atoms with Gasteiger partial charge in [0.15, 0.2) is 0 Å². The van der Waals surface area contributed by atoms with Crippen LogP contribution in [0.25, 0.3) is 0 Å². The molecular weight excluding hydrogens is 600 g/mol. The van der Waals surface area contributed by atoms with Gasteiger partial charge in [-0.25, -0.2) is 0 Å². The van der Waals surface area contributed by atoms with Crippen LogP contribution in [0.5, 0.6) is 17.2 Å². The fourth-order valence-corrected chi connectivity index (χ4v) is 10.0. The minimum absolute atomic E-state index is 0.0146. The van der Waals surface area contributed by atoms with Crippen LogP contribution < -0.4 is 24.7 Å². The number of ether oxygens (including phenoxy) is 4. The Labute approximate surface area is 271 Å². The molecule has 5 rings (SSSR count). The lowest BCUT2D eigenvalue weighted by molar-refractivity contribution is -0.0233. The highest BCUT2D eigenvalue weighted by atomic mass is 28.3. The van der Waals surface area contributed by atoms with Crippen LogP contribution in [0, 0.1) is 5.92 Å². The third-order valence-corrected chi connectivity index (χ3v) is 13.5. The molecule has 1 aliphatic heterocycles. The van der Waals surface area contributed by atoms with Crippen molar-refractivity contribution in [1.29, 1.82) is 0 Å². The van der Waals surface area contributed by atoms with Crippen molar-refractivity contribution < 1.29 is 28.8 Å². The Morgan fingerprint density at radius 3 is 2.33 bits per heavy atom. The van der Waals surface area contributed by atoms with Gasteiger partial charge in [0, 0.05) is 55.6 Å². The molecule has 1 aliphatic rings. The van der Waals surface area contributed by atoms with Crippen molar-refractivity contribution in [3.8, 4) is 17.2 Å². The first-order valence-electron chi connectivity index (χ1n) is 15.6.